The molecule has 1 heterocycles. The van der Waals surface area contributed by atoms with Gasteiger partial charge in [-0.1, -0.05) is 37.0 Å². The third-order valence-corrected chi connectivity index (χ3v) is 2.58. The Kier molecular flexibility index (Phi) is 4.68. The minimum absolute atomic E-state index is 0.00583. The van der Waals surface area contributed by atoms with Crippen LogP contribution < -0.4 is 5.32 Å². The maximum atomic E-state index is 11.8. The lowest BCUT2D eigenvalue weighted by Crippen LogP contribution is -2.36. The second kappa shape index (κ2) is 5.62. The molecule has 0 saturated carbocycles. The zero-order valence-electron chi connectivity index (χ0n) is 9.50. The second-order valence-corrected chi connectivity index (χ2v) is 5.12. The fourth-order valence-electron chi connectivity index (χ4n) is 0.983. The van der Waals surface area contributed by atoms with Crippen LogP contribution in [0.25, 0.3) is 0 Å². The van der Waals surface area contributed by atoms with Crippen LogP contribution >= 0.6 is 23.2 Å². The summed E-state index contributed by atoms with van der Waals surface area (Å²) >= 11 is 11.4. The summed E-state index contributed by atoms with van der Waals surface area (Å²) < 4.78 is 0. The molecule has 0 atom stereocenters. The quantitative estimate of drug-likeness (QED) is 0.875. The van der Waals surface area contributed by atoms with E-state index in [9.17, 15) is 4.79 Å². The van der Waals surface area contributed by atoms with E-state index in [-0.39, 0.29) is 22.5 Å². The van der Waals surface area contributed by atoms with Crippen LogP contribution in [-0.4, -0.2) is 34.4 Å². The van der Waals surface area contributed by atoms with Crippen molar-refractivity contribution in [3.05, 3.63) is 21.9 Å². The molecular weight excluding hydrogens is 265 g/mol. The molecule has 0 unspecified atom stereocenters. The molecule has 0 aliphatic rings. The van der Waals surface area contributed by atoms with E-state index in [1.54, 1.807) is 0 Å². The van der Waals surface area contributed by atoms with Gasteiger partial charge in [0.05, 0.1) is 5.56 Å². The first kappa shape index (κ1) is 14.2. The Morgan fingerprint density at radius 2 is 2.12 bits per heavy atom. The lowest BCUT2D eigenvalue weighted by atomic mass is 9.95. The van der Waals surface area contributed by atoms with E-state index in [4.69, 9.17) is 28.3 Å². The Labute approximate surface area is 109 Å². The Morgan fingerprint density at radius 3 is 2.71 bits per heavy atom. The van der Waals surface area contributed by atoms with E-state index < -0.39 is 11.3 Å². The summed E-state index contributed by atoms with van der Waals surface area (Å²) in [5.74, 6) is -0.395. The van der Waals surface area contributed by atoms with E-state index in [0.717, 1.165) is 0 Å². The summed E-state index contributed by atoms with van der Waals surface area (Å²) in [6.07, 6.45) is 0. The number of aliphatic hydroxyl groups is 1. The second-order valence-electron chi connectivity index (χ2n) is 4.38. The third-order valence-electron chi connectivity index (χ3n) is 2.12. The SMILES string of the molecule is CC(C)(CO)CNC(=O)c1cc(Cl)nnc1Cl. The average molecular weight is 278 g/mol. The summed E-state index contributed by atoms with van der Waals surface area (Å²) in [5.41, 5.74) is -0.229. The number of aliphatic hydroxyl groups excluding tert-OH is 1. The van der Waals surface area contributed by atoms with Crippen molar-refractivity contribution in [1.29, 1.82) is 0 Å². The summed E-state index contributed by atoms with van der Waals surface area (Å²) in [6.45, 7) is 3.94. The number of nitrogens with zero attached hydrogens (tertiary/aromatic N) is 2. The molecule has 0 aliphatic heterocycles. The number of carbonyl (C=O) groups is 1. The molecule has 5 nitrogen and oxygen atoms in total. The smallest absolute Gasteiger partial charge is 0.254 e. The minimum atomic E-state index is -0.396. The monoisotopic (exact) mass is 277 g/mol. The molecule has 1 amide bonds. The summed E-state index contributed by atoms with van der Waals surface area (Å²) in [7, 11) is 0. The largest absolute Gasteiger partial charge is 0.396 e. The lowest BCUT2D eigenvalue weighted by Gasteiger charge is -2.21. The highest BCUT2D eigenvalue weighted by molar-refractivity contribution is 6.34. The first-order chi connectivity index (χ1) is 7.85. The number of aromatic nitrogens is 2. The van der Waals surface area contributed by atoms with Crippen molar-refractivity contribution in [2.45, 2.75) is 13.8 Å². The molecule has 94 valence electrons. The van der Waals surface area contributed by atoms with Gasteiger partial charge in [-0.2, -0.15) is 0 Å². The summed E-state index contributed by atoms with van der Waals surface area (Å²) in [6, 6.07) is 1.35. The van der Waals surface area contributed by atoms with Gasteiger partial charge in [-0.15, -0.1) is 10.2 Å². The van der Waals surface area contributed by atoms with Gasteiger partial charge in [0, 0.05) is 18.6 Å². The van der Waals surface area contributed by atoms with Gasteiger partial charge in [0.15, 0.2) is 10.3 Å². The van der Waals surface area contributed by atoms with Crippen molar-refractivity contribution in [2.24, 2.45) is 5.41 Å². The predicted octanol–water partition coefficient (Wildman–Crippen LogP) is 1.53. The normalized spacial score (nSPS) is 11.4. The van der Waals surface area contributed by atoms with Crippen molar-refractivity contribution in [1.82, 2.24) is 15.5 Å². The highest BCUT2D eigenvalue weighted by atomic mass is 35.5. The Balaban J connectivity index is 2.74. The lowest BCUT2D eigenvalue weighted by molar-refractivity contribution is 0.0910. The molecule has 0 spiro atoms. The number of hydrogen-bond donors (Lipinski definition) is 2. The van der Waals surface area contributed by atoms with Crippen LogP contribution in [0.5, 0.6) is 0 Å². The Bertz CT molecular complexity index is 424. The Hall–Kier alpha value is -0.910. The molecule has 7 heteroatoms. The van der Waals surface area contributed by atoms with Gasteiger partial charge in [0.25, 0.3) is 5.91 Å². The fourth-order valence-corrected chi connectivity index (χ4v) is 1.31. The molecule has 0 saturated heterocycles. The van der Waals surface area contributed by atoms with Gasteiger partial charge in [-0.3, -0.25) is 4.79 Å². The summed E-state index contributed by atoms with van der Waals surface area (Å²) in [4.78, 5) is 11.8. The van der Waals surface area contributed by atoms with Gasteiger partial charge in [-0.05, 0) is 6.07 Å². The molecule has 2 N–H and O–H groups in total. The van der Waals surface area contributed by atoms with E-state index in [0.29, 0.717) is 6.54 Å². The first-order valence-corrected chi connectivity index (χ1v) is 5.69. The van der Waals surface area contributed by atoms with Crippen LogP contribution in [0.1, 0.15) is 24.2 Å². The van der Waals surface area contributed by atoms with Gasteiger partial charge in [0.2, 0.25) is 0 Å². The van der Waals surface area contributed by atoms with Gasteiger partial charge in [0.1, 0.15) is 0 Å². The molecule has 0 bridgehead atoms. The van der Waals surface area contributed by atoms with Gasteiger partial charge < -0.3 is 10.4 Å². The zero-order valence-corrected chi connectivity index (χ0v) is 11.0. The number of halogens is 2. The van der Waals surface area contributed by atoms with Crippen LogP contribution in [-0.2, 0) is 0 Å². The molecule has 1 aromatic heterocycles. The topological polar surface area (TPSA) is 75.1 Å². The zero-order chi connectivity index (χ0) is 13.1. The van der Waals surface area contributed by atoms with Gasteiger partial charge in [-0.25, -0.2) is 0 Å². The predicted molar refractivity (Wildman–Crippen MR) is 65.3 cm³/mol. The highest BCUT2D eigenvalue weighted by Crippen LogP contribution is 2.16. The summed E-state index contributed by atoms with van der Waals surface area (Å²) in [5, 5.41) is 18.8. The minimum Gasteiger partial charge on any atom is -0.396 e. The molecule has 0 fully saturated rings. The van der Waals surface area contributed by atoms with Crippen LogP contribution in [0, 0.1) is 5.41 Å². The van der Waals surface area contributed by atoms with Crippen molar-refractivity contribution in [3.8, 4) is 0 Å². The van der Waals surface area contributed by atoms with Crippen molar-refractivity contribution >= 4 is 29.1 Å². The number of carbonyl (C=O) groups excluding carboxylic acids is 1. The van der Waals surface area contributed by atoms with Crippen molar-refractivity contribution in [3.63, 3.8) is 0 Å². The fraction of sp³-hybridized carbons (Fsp3) is 0.500. The number of rotatable bonds is 4. The Morgan fingerprint density at radius 1 is 1.47 bits per heavy atom. The molecule has 1 aromatic rings. The van der Waals surface area contributed by atoms with E-state index >= 15 is 0 Å². The molecule has 0 aliphatic carbocycles. The van der Waals surface area contributed by atoms with E-state index in [1.165, 1.54) is 6.07 Å². The number of hydrogen-bond acceptors (Lipinski definition) is 4. The van der Waals surface area contributed by atoms with E-state index in [2.05, 4.69) is 15.5 Å². The van der Waals surface area contributed by atoms with Crippen LogP contribution in [0.2, 0.25) is 10.3 Å². The third kappa shape index (κ3) is 4.11. The van der Waals surface area contributed by atoms with Crippen LogP contribution in [0.15, 0.2) is 6.07 Å². The molecule has 0 radical (unpaired) electrons. The average Bonchev–Trinajstić information content (AvgIpc) is 2.29. The first-order valence-electron chi connectivity index (χ1n) is 4.93. The standard InChI is InChI=1S/C10H13Cl2N3O2/c1-10(2,5-16)4-13-9(17)6-3-7(11)14-15-8(6)12/h3,16H,4-5H2,1-2H3,(H,13,17). The molecular formula is C10H13Cl2N3O2. The molecule has 0 aromatic carbocycles. The maximum absolute atomic E-state index is 11.8. The van der Waals surface area contributed by atoms with Crippen LogP contribution in [0.3, 0.4) is 0 Å². The van der Waals surface area contributed by atoms with Crippen LogP contribution in [0.4, 0.5) is 0 Å². The maximum Gasteiger partial charge on any atom is 0.254 e. The van der Waals surface area contributed by atoms with E-state index in [1.807, 2.05) is 13.8 Å². The number of amides is 1. The highest BCUT2D eigenvalue weighted by Gasteiger charge is 2.19. The molecule has 17 heavy (non-hydrogen) atoms. The number of nitrogens with one attached hydrogen (secondary N) is 1. The van der Waals surface area contributed by atoms with Gasteiger partial charge >= 0.3 is 0 Å². The van der Waals surface area contributed by atoms with Crippen molar-refractivity contribution < 1.29 is 9.90 Å². The molecule has 1 rings (SSSR count). The van der Waals surface area contributed by atoms with Crippen molar-refractivity contribution in [2.75, 3.05) is 13.2 Å².